The van der Waals surface area contributed by atoms with Gasteiger partial charge in [0.05, 0.1) is 30.2 Å². The fraction of sp³-hybridized carbons (Fsp3) is 0.357. The van der Waals surface area contributed by atoms with Gasteiger partial charge in [-0.15, -0.1) is 0 Å². The summed E-state index contributed by atoms with van der Waals surface area (Å²) in [6.45, 7) is 3.29. The molecule has 0 bridgehead atoms. The van der Waals surface area contributed by atoms with E-state index in [1.165, 1.54) is 12.1 Å². The summed E-state index contributed by atoms with van der Waals surface area (Å²) in [5, 5.41) is 15.9. The van der Waals surface area contributed by atoms with Gasteiger partial charge in [-0.05, 0) is 55.3 Å². The van der Waals surface area contributed by atoms with Crippen LogP contribution in [0.4, 0.5) is 23.0 Å². The smallest absolute Gasteiger partial charge is 0.227 e. The van der Waals surface area contributed by atoms with Crippen LogP contribution in [0.15, 0.2) is 54.7 Å². The Balaban J connectivity index is 1.28. The highest BCUT2D eigenvalue weighted by Gasteiger charge is 2.22. The Morgan fingerprint density at radius 1 is 1.03 bits per heavy atom. The topological polar surface area (TPSA) is 103 Å². The molecule has 36 heavy (non-hydrogen) atoms. The Bertz CT molecular complexity index is 1240. The molecule has 1 aromatic heterocycles. The molecular formula is C28H30N6O2. The molecule has 1 amide bonds. The number of hydrogen-bond acceptors (Lipinski definition) is 7. The van der Waals surface area contributed by atoms with Crippen LogP contribution in [0.1, 0.15) is 37.7 Å². The molecule has 2 aliphatic rings. The first-order valence-electron chi connectivity index (χ1n) is 12.6. The average molecular weight is 483 g/mol. The van der Waals surface area contributed by atoms with E-state index in [1.54, 1.807) is 18.3 Å². The molecule has 1 aliphatic heterocycles. The molecule has 184 valence electrons. The zero-order chi connectivity index (χ0) is 24.7. The summed E-state index contributed by atoms with van der Waals surface area (Å²) in [7, 11) is 0. The van der Waals surface area contributed by atoms with Gasteiger partial charge in [0.25, 0.3) is 0 Å². The van der Waals surface area contributed by atoms with E-state index in [0.717, 1.165) is 63.2 Å². The van der Waals surface area contributed by atoms with Crippen molar-refractivity contribution < 1.29 is 9.53 Å². The number of amides is 1. The molecule has 2 heterocycles. The lowest BCUT2D eigenvalue weighted by atomic mass is 9.88. The predicted octanol–water partition coefficient (Wildman–Crippen LogP) is 5.11. The number of morpholine rings is 1. The fourth-order valence-corrected chi connectivity index (χ4v) is 4.79. The van der Waals surface area contributed by atoms with Gasteiger partial charge < -0.3 is 20.3 Å². The van der Waals surface area contributed by atoms with Crippen molar-refractivity contribution in [2.75, 3.05) is 41.8 Å². The van der Waals surface area contributed by atoms with Gasteiger partial charge in [0.15, 0.2) is 0 Å². The van der Waals surface area contributed by atoms with Crippen LogP contribution in [0, 0.1) is 17.2 Å². The molecule has 0 radical (unpaired) electrons. The Kier molecular flexibility index (Phi) is 7.39. The molecule has 1 saturated carbocycles. The Morgan fingerprint density at radius 3 is 2.56 bits per heavy atom. The van der Waals surface area contributed by atoms with Crippen molar-refractivity contribution in [1.29, 1.82) is 5.26 Å². The van der Waals surface area contributed by atoms with Crippen LogP contribution in [0.25, 0.3) is 11.3 Å². The molecule has 8 heteroatoms. The maximum Gasteiger partial charge on any atom is 0.227 e. The largest absolute Gasteiger partial charge is 0.378 e. The van der Waals surface area contributed by atoms with E-state index in [9.17, 15) is 10.1 Å². The standard InChI is InChI=1S/C28H30N6O2/c29-19-22-18-21(6-11-25(22)32-27(35)20-4-2-1-3-5-20)26-12-13-30-28(33-26)31-23-7-9-24(10-8-23)34-14-16-36-17-15-34/h6-13,18,20H,1-5,14-17H2,(H,32,35)(H,30,31,33). The number of carbonyl (C=O) groups is 1. The molecule has 1 saturated heterocycles. The molecule has 0 atom stereocenters. The number of anilines is 4. The highest BCUT2D eigenvalue weighted by molar-refractivity contribution is 5.94. The molecule has 2 N–H and O–H groups in total. The second kappa shape index (κ2) is 11.2. The summed E-state index contributed by atoms with van der Waals surface area (Å²) in [6, 6.07) is 17.6. The van der Waals surface area contributed by atoms with E-state index in [4.69, 9.17) is 4.74 Å². The minimum absolute atomic E-state index is 0.00658. The highest BCUT2D eigenvalue weighted by atomic mass is 16.5. The third-order valence-corrected chi connectivity index (χ3v) is 6.82. The molecule has 2 fully saturated rings. The fourth-order valence-electron chi connectivity index (χ4n) is 4.79. The van der Waals surface area contributed by atoms with Crippen LogP contribution in [0.3, 0.4) is 0 Å². The van der Waals surface area contributed by atoms with Crippen LogP contribution >= 0.6 is 0 Å². The van der Waals surface area contributed by atoms with Gasteiger partial charge in [0.1, 0.15) is 6.07 Å². The van der Waals surface area contributed by atoms with Crippen molar-refractivity contribution in [3.05, 3.63) is 60.3 Å². The van der Waals surface area contributed by atoms with E-state index in [0.29, 0.717) is 22.9 Å². The number of nitrogens with zero attached hydrogens (tertiary/aromatic N) is 4. The van der Waals surface area contributed by atoms with Crippen molar-refractivity contribution in [1.82, 2.24) is 9.97 Å². The number of nitriles is 1. The van der Waals surface area contributed by atoms with Gasteiger partial charge in [0, 0.05) is 42.1 Å². The normalized spacial score (nSPS) is 16.2. The maximum absolute atomic E-state index is 12.7. The highest BCUT2D eigenvalue weighted by Crippen LogP contribution is 2.28. The zero-order valence-corrected chi connectivity index (χ0v) is 20.2. The third-order valence-electron chi connectivity index (χ3n) is 6.82. The van der Waals surface area contributed by atoms with Gasteiger partial charge in [-0.1, -0.05) is 25.3 Å². The monoisotopic (exact) mass is 482 g/mol. The summed E-state index contributed by atoms with van der Waals surface area (Å²) >= 11 is 0. The molecule has 8 nitrogen and oxygen atoms in total. The zero-order valence-electron chi connectivity index (χ0n) is 20.2. The van der Waals surface area contributed by atoms with Crippen LogP contribution in [-0.2, 0) is 9.53 Å². The summed E-state index contributed by atoms with van der Waals surface area (Å²) in [5.74, 6) is 0.510. The second-order valence-corrected chi connectivity index (χ2v) is 9.23. The van der Waals surface area contributed by atoms with Crippen LogP contribution < -0.4 is 15.5 Å². The van der Waals surface area contributed by atoms with Gasteiger partial charge in [0.2, 0.25) is 11.9 Å². The van der Waals surface area contributed by atoms with E-state index in [1.807, 2.05) is 24.3 Å². The van der Waals surface area contributed by atoms with Crippen molar-refractivity contribution in [2.24, 2.45) is 5.92 Å². The maximum atomic E-state index is 12.7. The van der Waals surface area contributed by atoms with Gasteiger partial charge in [-0.3, -0.25) is 4.79 Å². The number of benzene rings is 2. The molecule has 0 spiro atoms. The Labute approximate surface area is 211 Å². The first-order valence-corrected chi connectivity index (χ1v) is 12.6. The SMILES string of the molecule is N#Cc1cc(-c2ccnc(Nc3ccc(N4CCOCC4)cc3)n2)ccc1NC(=O)C1CCCCC1. The second-order valence-electron chi connectivity index (χ2n) is 9.23. The van der Waals surface area contributed by atoms with E-state index < -0.39 is 0 Å². The number of ether oxygens (including phenoxy) is 1. The number of carbonyl (C=O) groups excluding carboxylic acids is 1. The lowest BCUT2D eigenvalue weighted by Gasteiger charge is -2.28. The minimum Gasteiger partial charge on any atom is -0.378 e. The Morgan fingerprint density at radius 2 is 1.81 bits per heavy atom. The van der Waals surface area contributed by atoms with Crippen molar-refractivity contribution in [2.45, 2.75) is 32.1 Å². The van der Waals surface area contributed by atoms with Crippen LogP contribution in [-0.4, -0.2) is 42.2 Å². The average Bonchev–Trinajstić information content (AvgIpc) is 2.95. The predicted molar refractivity (Wildman–Crippen MR) is 140 cm³/mol. The van der Waals surface area contributed by atoms with Crippen molar-refractivity contribution in [3.8, 4) is 17.3 Å². The van der Waals surface area contributed by atoms with Crippen LogP contribution in [0.2, 0.25) is 0 Å². The van der Waals surface area contributed by atoms with Gasteiger partial charge in [-0.2, -0.15) is 5.26 Å². The molecule has 3 aromatic rings. The van der Waals surface area contributed by atoms with Gasteiger partial charge >= 0.3 is 0 Å². The van der Waals surface area contributed by atoms with E-state index in [-0.39, 0.29) is 11.8 Å². The molecule has 0 unspecified atom stereocenters. The van der Waals surface area contributed by atoms with Crippen LogP contribution in [0.5, 0.6) is 0 Å². The van der Waals surface area contributed by atoms with Crippen molar-refractivity contribution in [3.63, 3.8) is 0 Å². The summed E-state index contributed by atoms with van der Waals surface area (Å²) < 4.78 is 5.43. The van der Waals surface area contributed by atoms with E-state index >= 15 is 0 Å². The number of aromatic nitrogens is 2. The first-order chi connectivity index (χ1) is 17.7. The molecule has 2 aromatic carbocycles. The molecular weight excluding hydrogens is 452 g/mol. The number of nitrogens with one attached hydrogen (secondary N) is 2. The summed E-state index contributed by atoms with van der Waals surface area (Å²) in [6.07, 6.45) is 6.89. The first kappa shape index (κ1) is 23.8. The molecule has 5 rings (SSSR count). The summed E-state index contributed by atoms with van der Waals surface area (Å²) in [4.78, 5) is 24.0. The van der Waals surface area contributed by atoms with Crippen molar-refractivity contribution >= 4 is 28.9 Å². The van der Waals surface area contributed by atoms with Gasteiger partial charge in [-0.25, -0.2) is 9.97 Å². The molecule has 1 aliphatic carbocycles. The lowest BCUT2D eigenvalue weighted by molar-refractivity contribution is -0.120. The minimum atomic E-state index is 0.00658. The number of rotatable bonds is 6. The quantitative estimate of drug-likeness (QED) is 0.503. The summed E-state index contributed by atoms with van der Waals surface area (Å²) in [5.41, 5.74) is 4.50. The Hall–Kier alpha value is -3.96. The van der Waals surface area contributed by atoms with E-state index in [2.05, 4.69) is 43.7 Å². The lowest BCUT2D eigenvalue weighted by Crippen LogP contribution is -2.36. The number of hydrogen-bond donors (Lipinski definition) is 2. The third kappa shape index (κ3) is 5.64.